The van der Waals surface area contributed by atoms with Crippen LogP contribution in [0.2, 0.25) is 0 Å². The summed E-state index contributed by atoms with van der Waals surface area (Å²) in [6.45, 7) is 0. The van der Waals surface area contributed by atoms with E-state index >= 15 is 0 Å². The molecule has 1 saturated heterocycles. The van der Waals surface area contributed by atoms with E-state index in [2.05, 4.69) is 4.74 Å². The lowest BCUT2D eigenvalue weighted by Crippen LogP contribution is -2.74. The second kappa shape index (κ2) is 3.89. The third kappa shape index (κ3) is 2.48. The second-order valence-electron chi connectivity index (χ2n) is 3.36. The predicted octanol–water partition coefficient (Wildman–Crippen LogP) is 1.54. The molecule has 1 N–H and O–H groups in total. The number of halogens is 8. The molecule has 0 aromatic heterocycles. The van der Waals surface area contributed by atoms with Crippen molar-refractivity contribution in [2.24, 2.45) is 0 Å². The van der Waals surface area contributed by atoms with Crippen molar-refractivity contribution < 1.29 is 52.8 Å². The van der Waals surface area contributed by atoms with Crippen LogP contribution in [0.1, 0.15) is 0 Å². The minimum atomic E-state index is -6.11. The molecule has 1 fully saturated rings. The van der Waals surface area contributed by atoms with Crippen molar-refractivity contribution in [2.45, 2.75) is 24.3 Å². The normalized spacial score (nSPS) is 29.1. The lowest BCUT2D eigenvalue weighted by atomic mass is 10.3. The zero-order valence-corrected chi connectivity index (χ0v) is 9.07. The van der Waals surface area contributed by atoms with Crippen molar-refractivity contribution in [2.75, 3.05) is 5.88 Å². The Morgan fingerprint density at radius 2 is 1.21 bits per heavy atom. The van der Waals surface area contributed by atoms with Crippen molar-refractivity contribution in [1.82, 2.24) is 4.90 Å². The molecule has 0 aliphatic carbocycles. The van der Waals surface area contributed by atoms with E-state index in [-0.39, 0.29) is 0 Å². The topological polar surface area (TPSA) is 66.8 Å². The van der Waals surface area contributed by atoms with Gasteiger partial charge in [0.15, 0.2) is 0 Å². The molecule has 1 heterocycles. The molecule has 114 valence electrons. The molecule has 1 aliphatic heterocycles. The average molecular weight is 325 g/mol. The van der Waals surface area contributed by atoms with Gasteiger partial charge in [0, 0.05) is 0 Å². The molecular formula is C5H3F8NO4S. The number of alkyl halides is 8. The zero-order valence-electron chi connectivity index (χ0n) is 8.26. The van der Waals surface area contributed by atoms with Gasteiger partial charge in [-0.1, -0.05) is 0 Å². The van der Waals surface area contributed by atoms with Crippen LogP contribution in [0, 0.1) is 0 Å². The number of morpholine rings is 1. The fourth-order valence-electron chi connectivity index (χ4n) is 1.10. The Morgan fingerprint density at radius 3 is 1.47 bits per heavy atom. The molecule has 0 bridgehead atoms. The Morgan fingerprint density at radius 1 is 0.895 bits per heavy atom. The summed E-state index contributed by atoms with van der Waals surface area (Å²) in [5, 5.41) is 0. The van der Waals surface area contributed by atoms with Gasteiger partial charge < -0.3 is 0 Å². The van der Waals surface area contributed by atoms with Gasteiger partial charge in [-0.15, -0.1) is 0 Å². The first-order chi connectivity index (χ1) is 8.05. The smallest absolute Gasteiger partial charge is 0.285 e. The van der Waals surface area contributed by atoms with Gasteiger partial charge in [-0.2, -0.15) is 48.4 Å². The van der Waals surface area contributed by atoms with E-state index in [9.17, 15) is 43.5 Å². The fourth-order valence-corrected chi connectivity index (χ4v) is 1.75. The van der Waals surface area contributed by atoms with Crippen LogP contribution in [0.15, 0.2) is 0 Å². The molecule has 14 heteroatoms. The summed E-state index contributed by atoms with van der Waals surface area (Å²) in [4.78, 5) is -2.35. The van der Waals surface area contributed by atoms with Gasteiger partial charge in [-0.25, -0.2) is 4.74 Å². The molecular weight excluding hydrogens is 322 g/mol. The van der Waals surface area contributed by atoms with Gasteiger partial charge >= 0.3 is 24.3 Å². The van der Waals surface area contributed by atoms with Crippen molar-refractivity contribution in [3.05, 3.63) is 0 Å². The largest absolute Gasteiger partial charge is 0.439 e. The average Bonchev–Trinajstić information content (AvgIpc) is 2.08. The van der Waals surface area contributed by atoms with Crippen LogP contribution < -0.4 is 0 Å². The van der Waals surface area contributed by atoms with E-state index < -0.39 is 45.2 Å². The maximum atomic E-state index is 12.9. The molecule has 0 amide bonds. The Kier molecular flexibility index (Phi) is 3.34. The van der Waals surface area contributed by atoms with Gasteiger partial charge in [0.05, 0.1) is 0 Å². The van der Waals surface area contributed by atoms with Crippen molar-refractivity contribution in [1.29, 1.82) is 0 Å². The van der Waals surface area contributed by atoms with Crippen LogP contribution in [0.25, 0.3) is 0 Å². The standard InChI is InChI=1S/C5H3F8NO4S/c6-2(7)4(10,11)18-5(12,13)3(8,9)14(2)1-19(15,16)17/h1H2,(H,15,16,17). The molecule has 0 saturated carbocycles. The Bertz CT molecular complexity index is 450. The van der Waals surface area contributed by atoms with Crippen LogP contribution in [0.5, 0.6) is 0 Å². The van der Waals surface area contributed by atoms with Crippen LogP contribution in [0.3, 0.4) is 0 Å². The van der Waals surface area contributed by atoms with Crippen molar-refractivity contribution in [3.63, 3.8) is 0 Å². The van der Waals surface area contributed by atoms with E-state index in [1.807, 2.05) is 0 Å². The molecule has 0 aromatic carbocycles. The minimum Gasteiger partial charge on any atom is -0.285 e. The molecule has 19 heavy (non-hydrogen) atoms. The maximum absolute atomic E-state index is 12.9. The molecule has 0 radical (unpaired) electrons. The summed E-state index contributed by atoms with van der Waals surface area (Å²) >= 11 is 0. The van der Waals surface area contributed by atoms with E-state index in [0.29, 0.717) is 0 Å². The highest BCUT2D eigenvalue weighted by Crippen LogP contribution is 2.55. The predicted molar refractivity (Wildman–Crippen MR) is 39.1 cm³/mol. The van der Waals surface area contributed by atoms with E-state index in [4.69, 9.17) is 4.55 Å². The molecule has 5 nitrogen and oxygen atoms in total. The molecule has 0 spiro atoms. The second-order valence-corrected chi connectivity index (χ2v) is 4.78. The van der Waals surface area contributed by atoms with E-state index in [0.717, 1.165) is 0 Å². The Hall–Kier alpha value is -0.730. The van der Waals surface area contributed by atoms with Crippen molar-refractivity contribution >= 4 is 10.1 Å². The summed E-state index contributed by atoms with van der Waals surface area (Å²) in [6, 6.07) is -12.2. The molecule has 1 rings (SSSR count). The highest BCUT2D eigenvalue weighted by Gasteiger charge is 2.83. The van der Waals surface area contributed by atoms with Gasteiger partial charge in [-0.05, 0) is 0 Å². The van der Waals surface area contributed by atoms with Gasteiger partial charge in [0.2, 0.25) is 0 Å². The number of nitrogens with zero attached hydrogens (tertiary/aromatic N) is 1. The fraction of sp³-hybridized carbons (Fsp3) is 1.00. The quantitative estimate of drug-likeness (QED) is 0.474. The van der Waals surface area contributed by atoms with Crippen LogP contribution in [-0.4, -0.2) is 48.1 Å². The van der Waals surface area contributed by atoms with Crippen LogP contribution >= 0.6 is 0 Å². The lowest BCUT2D eigenvalue weighted by molar-refractivity contribution is -0.560. The highest BCUT2D eigenvalue weighted by molar-refractivity contribution is 7.85. The lowest BCUT2D eigenvalue weighted by Gasteiger charge is -2.46. The first-order valence-electron chi connectivity index (χ1n) is 3.99. The first kappa shape index (κ1) is 16.3. The molecule has 0 atom stereocenters. The van der Waals surface area contributed by atoms with Gasteiger partial charge in [-0.3, -0.25) is 4.55 Å². The summed E-state index contributed by atoms with van der Waals surface area (Å²) in [7, 11) is -5.72. The Labute approximate surface area is 99.0 Å². The van der Waals surface area contributed by atoms with E-state index in [1.165, 1.54) is 0 Å². The Balaban J connectivity index is 3.41. The minimum absolute atomic E-state index is 2.05. The summed E-state index contributed by atoms with van der Waals surface area (Å²) in [5.74, 6) is -2.86. The first-order valence-corrected chi connectivity index (χ1v) is 5.60. The number of hydrogen-bond acceptors (Lipinski definition) is 4. The molecule has 0 aromatic rings. The SMILES string of the molecule is O=S(=O)(O)CN1C(F)(F)C(F)(F)OC(F)(F)C1(F)F. The third-order valence-corrected chi connectivity index (χ3v) is 2.51. The van der Waals surface area contributed by atoms with Gasteiger partial charge in [0.25, 0.3) is 10.1 Å². The number of hydrogen-bond donors (Lipinski definition) is 1. The summed E-state index contributed by atoms with van der Waals surface area (Å²) < 4.78 is 132. The van der Waals surface area contributed by atoms with E-state index in [1.54, 1.807) is 0 Å². The van der Waals surface area contributed by atoms with Crippen LogP contribution in [-0.2, 0) is 14.9 Å². The third-order valence-electron chi connectivity index (χ3n) is 1.93. The van der Waals surface area contributed by atoms with Gasteiger partial charge in [0.1, 0.15) is 5.88 Å². The maximum Gasteiger partial charge on any atom is 0.439 e. The summed E-state index contributed by atoms with van der Waals surface area (Å²) in [5.41, 5.74) is 0. The van der Waals surface area contributed by atoms with Crippen molar-refractivity contribution in [3.8, 4) is 0 Å². The highest BCUT2D eigenvalue weighted by atomic mass is 32.2. The number of rotatable bonds is 2. The monoisotopic (exact) mass is 325 g/mol. The summed E-state index contributed by atoms with van der Waals surface area (Å²) in [6.07, 6.45) is -12.2. The number of ether oxygens (including phenoxy) is 1. The van der Waals surface area contributed by atoms with Crippen LogP contribution in [0.4, 0.5) is 35.1 Å². The zero-order chi connectivity index (χ0) is 15.5. The molecule has 0 unspecified atom stereocenters. The molecule has 1 aliphatic rings.